The van der Waals surface area contributed by atoms with Crippen molar-refractivity contribution in [3.63, 3.8) is 0 Å². The molecule has 1 unspecified atom stereocenters. The fourth-order valence-electron chi connectivity index (χ4n) is 2.66. The quantitative estimate of drug-likeness (QED) is 0.375. The molecule has 0 bridgehead atoms. The molecule has 23 heavy (non-hydrogen) atoms. The van der Waals surface area contributed by atoms with Crippen molar-refractivity contribution in [1.29, 1.82) is 0 Å². The van der Waals surface area contributed by atoms with Crippen molar-refractivity contribution in [3.05, 3.63) is 46.0 Å². The molecule has 0 aromatic heterocycles. The first-order chi connectivity index (χ1) is 11.1. The summed E-state index contributed by atoms with van der Waals surface area (Å²) in [5.74, 6) is -0.157. The number of ether oxygens (including phenoxy) is 1. The Labute approximate surface area is 134 Å². The Bertz CT molecular complexity index is 637. The molecule has 1 atom stereocenters. The molecule has 122 valence electrons. The zero-order chi connectivity index (χ0) is 16.2. The third kappa shape index (κ3) is 4.09. The monoisotopic (exact) mass is 316 g/mol. The standard InChI is InChI=1S/C17H20N2O4/c20-17(23-11-12-4-2-1-3-5-12)13-6-9-15(18-14-7-8-14)16(10-13)19(21)22/h1-2,6,9-10,12,14,18H,3-5,7-8,11H2. The van der Waals surface area contributed by atoms with Gasteiger partial charge in [0.25, 0.3) is 5.69 Å². The van der Waals surface area contributed by atoms with E-state index in [0.29, 0.717) is 24.3 Å². The number of nitrogens with zero attached hydrogens (tertiary/aromatic N) is 1. The number of hydrogen-bond donors (Lipinski definition) is 1. The molecule has 1 fully saturated rings. The SMILES string of the molecule is O=C(OCC1CC=CCC1)c1ccc(NC2CC2)c([N+](=O)[O-])c1. The Kier molecular flexibility index (Phi) is 4.60. The Morgan fingerprint density at radius 1 is 1.30 bits per heavy atom. The van der Waals surface area contributed by atoms with Gasteiger partial charge in [0, 0.05) is 12.1 Å². The lowest BCUT2D eigenvalue weighted by Crippen LogP contribution is -2.15. The van der Waals surface area contributed by atoms with Crippen LogP contribution < -0.4 is 5.32 Å². The normalized spacial score (nSPS) is 20.1. The zero-order valence-corrected chi connectivity index (χ0v) is 12.9. The third-order valence-electron chi connectivity index (χ3n) is 4.19. The number of anilines is 1. The first-order valence-electron chi connectivity index (χ1n) is 8.00. The molecule has 1 aromatic rings. The van der Waals surface area contributed by atoms with E-state index in [2.05, 4.69) is 17.5 Å². The number of esters is 1. The first kappa shape index (κ1) is 15.5. The van der Waals surface area contributed by atoms with Crippen molar-refractivity contribution in [2.75, 3.05) is 11.9 Å². The van der Waals surface area contributed by atoms with Gasteiger partial charge in [0.05, 0.1) is 17.1 Å². The molecule has 2 aliphatic rings. The number of nitrogens with one attached hydrogen (secondary N) is 1. The number of carbonyl (C=O) groups is 1. The van der Waals surface area contributed by atoms with Crippen molar-refractivity contribution in [1.82, 2.24) is 0 Å². The fraction of sp³-hybridized carbons (Fsp3) is 0.471. The lowest BCUT2D eigenvalue weighted by Gasteiger charge is -2.17. The average Bonchev–Trinajstić information content (AvgIpc) is 3.37. The van der Waals surface area contributed by atoms with Crippen LogP contribution in [0.1, 0.15) is 42.5 Å². The lowest BCUT2D eigenvalue weighted by molar-refractivity contribution is -0.384. The summed E-state index contributed by atoms with van der Waals surface area (Å²) < 4.78 is 5.32. The van der Waals surface area contributed by atoms with Crippen LogP contribution in [0.15, 0.2) is 30.4 Å². The summed E-state index contributed by atoms with van der Waals surface area (Å²) >= 11 is 0. The van der Waals surface area contributed by atoms with Crippen LogP contribution in [0, 0.1) is 16.0 Å². The number of benzene rings is 1. The Morgan fingerprint density at radius 3 is 2.78 bits per heavy atom. The van der Waals surface area contributed by atoms with Crippen LogP contribution in [-0.4, -0.2) is 23.5 Å². The highest BCUT2D eigenvalue weighted by molar-refractivity contribution is 5.91. The van der Waals surface area contributed by atoms with E-state index in [1.807, 2.05) is 0 Å². The second-order valence-electron chi connectivity index (χ2n) is 6.16. The predicted octanol–water partition coefficient (Wildman–Crippen LogP) is 3.68. The Balaban J connectivity index is 1.65. The van der Waals surface area contributed by atoms with E-state index in [-0.39, 0.29) is 11.3 Å². The summed E-state index contributed by atoms with van der Waals surface area (Å²) in [7, 11) is 0. The maximum atomic E-state index is 12.1. The van der Waals surface area contributed by atoms with Gasteiger partial charge in [0.15, 0.2) is 0 Å². The largest absolute Gasteiger partial charge is 0.462 e. The highest BCUT2D eigenvalue weighted by Gasteiger charge is 2.26. The number of nitro benzene ring substituents is 1. The number of allylic oxidation sites excluding steroid dienone is 2. The predicted molar refractivity (Wildman–Crippen MR) is 86.5 cm³/mol. The number of carbonyl (C=O) groups excluding carboxylic acids is 1. The van der Waals surface area contributed by atoms with Gasteiger partial charge >= 0.3 is 5.97 Å². The molecule has 1 aromatic carbocycles. The van der Waals surface area contributed by atoms with Crippen LogP contribution in [0.4, 0.5) is 11.4 Å². The van der Waals surface area contributed by atoms with Crippen molar-refractivity contribution in [2.45, 2.75) is 38.1 Å². The van der Waals surface area contributed by atoms with Gasteiger partial charge in [-0.3, -0.25) is 10.1 Å². The molecular formula is C17H20N2O4. The van der Waals surface area contributed by atoms with Gasteiger partial charge in [-0.25, -0.2) is 4.79 Å². The molecule has 6 nitrogen and oxygen atoms in total. The van der Waals surface area contributed by atoms with Gasteiger partial charge in [-0.05, 0) is 50.2 Å². The van der Waals surface area contributed by atoms with Crippen molar-refractivity contribution in [2.24, 2.45) is 5.92 Å². The van der Waals surface area contributed by atoms with Crippen LogP contribution >= 0.6 is 0 Å². The lowest BCUT2D eigenvalue weighted by atomic mass is 9.95. The third-order valence-corrected chi connectivity index (χ3v) is 4.19. The second-order valence-corrected chi connectivity index (χ2v) is 6.16. The molecule has 1 saturated carbocycles. The highest BCUT2D eigenvalue weighted by Crippen LogP contribution is 2.31. The molecule has 3 rings (SSSR count). The summed E-state index contributed by atoms with van der Waals surface area (Å²) in [4.78, 5) is 22.9. The van der Waals surface area contributed by atoms with Gasteiger partial charge in [-0.1, -0.05) is 12.2 Å². The molecule has 2 aliphatic carbocycles. The summed E-state index contributed by atoms with van der Waals surface area (Å²) in [6.45, 7) is 0.360. The number of hydrogen-bond acceptors (Lipinski definition) is 5. The Hall–Kier alpha value is -2.37. The van der Waals surface area contributed by atoms with Crippen LogP contribution in [-0.2, 0) is 4.74 Å². The van der Waals surface area contributed by atoms with Gasteiger partial charge in [0.1, 0.15) is 5.69 Å². The maximum absolute atomic E-state index is 12.1. The van der Waals surface area contributed by atoms with E-state index in [0.717, 1.165) is 32.1 Å². The van der Waals surface area contributed by atoms with Crippen molar-refractivity contribution in [3.8, 4) is 0 Å². The Morgan fingerprint density at radius 2 is 2.13 bits per heavy atom. The van der Waals surface area contributed by atoms with Gasteiger partial charge in [0.2, 0.25) is 0 Å². The average molecular weight is 316 g/mol. The minimum Gasteiger partial charge on any atom is -0.462 e. The summed E-state index contributed by atoms with van der Waals surface area (Å²) in [6, 6.07) is 4.79. The zero-order valence-electron chi connectivity index (χ0n) is 12.9. The van der Waals surface area contributed by atoms with Gasteiger partial charge in [-0.2, -0.15) is 0 Å². The van der Waals surface area contributed by atoms with E-state index in [9.17, 15) is 14.9 Å². The second kappa shape index (κ2) is 6.81. The maximum Gasteiger partial charge on any atom is 0.338 e. The molecular weight excluding hydrogens is 296 g/mol. The molecule has 0 spiro atoms. The minimum atomic E-state index is -0.499. The van der Waals surface area contributed by atoms with E-state index < -0.39 is 10.9 Å². The fourth-order valence-corrected chi connectivity index (χ4v) is 2.66. The molecule has 0 aliphatic heterocycles. The summed E-state index contributed by atoms with van der Waals surface area (Å²) in [5, 5.41) is 14.3. The van der Waals surface area contributed by atoms with Crippen LogP contribution in [0.2, 0.25) is 0 Å². The number of rotatable bonds is 6. The van der Waals surface area contributed by atoms with Gasteiger partial charge in [-0.15, -0.1) is 0 Å². The smallest absolute Gasteiger partial charge is 0.338 e. The van der Waals surface area contributed by atoms with Crippen LogP contribution in [0.5, 0.6) is 0 Å². The van der Waals surface area contributed by atoms with Gasteiger partial charge < -0.3 is 10.1 Å². The first-order valence-corrected chi connectivity index (χ1v) is 8.00. The molecule has 0 radical (unpaired) electrons. The molecule has 0 amide bonds. The molecule has 0 saturated heterocycles. The topological polar surface area (TPSA) is 81.5 Å². The molecule has 1 N–H and O–H groups in total. The van der Waals surface area contributed by atoms with E-state index in [1.165, 1.54) is 6.07 Å². The summed E-state index contributed by atoms with van der Waals surface area (Å²) in [5.41, 5.74) is 0.614. The summed E-state index contributed by atoms with van der Waals surface area (Å²) in [6.07, 6.45) is 9.22. The minimum absolute atomic E-state index is 0.0769. The van der Waals surface area contributed by atoms with E-state index >= 15 is 0 Å². The molecule has 6 heteroatoms. The van der Waals surface area contributed by atoms with Crippen molar-refractivity contribution < 1.29 is 14.5 Å². The van der Waals surface area contributed by atoms with Crippen LogP contribution in [0.3, 0.4) is 0 Å². The molecule has 0 heterocycles. The van der Waals surface area contributed by atoms with E-state index in [1.54, 1.807) is 12.1 Å². The van der Waals surface area contributed by atoms with Crippen molar-refractivity contribution >= 4 is 17.3 Å². The highest BCUT2D eigenvalue weighted by atomic mass is 16.6. The number of nitro groups is 1. The van der Waals surface area contributed by atoms with Crippen LogP contribution in [0.25, 0.3) is 0 Å². The van der Waals surface area contributed by atoms with E-state index in [4.69, 9.17) is 4.74 Å².